The normalized spacial score (nSPS) is 18.8. The number of carbonyl (C=O) groups is 1. The van der Waals surface area contributed by atoms with Crippen LogP contribution < -0.4 is 4.90 Å². The van der Waals surface area contributed by atoms with Gasteiger partial charge in [0.1, 0.15) is 20.9 Å². The number of aromatic nitrogens is 3. The van der Waals surface area contributed by atoms with Gasteiger partial charge >= 0.3 is 0 Å². The van der Waals surface area contributed by atoms with Crippen LogP contribution in [0.25, 0.3) is 10.3 Å². The van der Waals surface area contributed by atoms with Gasteiger partial charge in [0.25, 0.3) is 0 Å². The number of piperidine rings is 1. The van der Waals surface area contributed by atoms with Crippen molar-refractivity contribution < 1.29 is 17.7 Å². The number of pyridine rings is 1. The number of rotatable bonds is 4. The van der Waals surface area contributed by atoms with Gasteiger partial charge in [0, 0.05) is 51.4 Å². The summed E-state index contributed by atoms with van der Waals surface area (Å²) >= 11 is 1.57. The predicted molar refractivity (Wildman–Crippen MR) is 124 cm³/mol. The molecule has 0 N–H and O–H groups in total. The van der Waals surface area contributed by atoms with Crippen LogP contribution in [0.1, 0.15) is 24.3 Å². The fourth-order valence-corrected chi connectivity index (χ4v) is 7.31. The highest BCUT2D eigenvalue weighted by atomic mass is 32.2. The zero-order valence-corrected chi connectivity index (χ0v) is 20.2. The Morgan fingerprint density at radius 2 is 1.85 bits per heavy atom. The van der Waals surface area contributed by atoms with Crippen LogP contribution in [-0.2, 0) is 14.8 Å². The number of sulfonamides is 1. The largest absolute Gasteiger partial charge is 0.360 e. The molecule has 3 aromatic rings. The summed E-state index contributed by atoms with van der Waals surface area (Å²) in [5, 5.41) is 4.71. The molecule has 5 heterocycles. The molecule has 0 spiro atoms. The molecule has 1 amide bonds. The third-order valence-corrected chi connectivity index (χ3v) is 9.57. The Morgan fingerprint density at radius 1 is 1.12 bits per heavy atom. The van der Waals surface area contributed by atoms with Gasteiger partial charge in [0.2, 0.25) is 15.9 Å². The average molecular weight is 491 g/mol. The zero-order valence-electron chi connectivity index (χ0n) is 18.6. The molecule has 0 saturated carbocycles. The van der Waals surface area contributed by atoms with Gasteiger partial charge < -0.3 is 14.3 Å². The van der Waals surface area contributed by atoms with Gasteiger partial charge in [0.05, 0.1) is 0 Å². The number of hydrogen-bond donors (Lipinski definition) is 0. The van der Waals surface area contributed by atoms with Crippen LogP contribution in [0.15, 0.2) is 27.7 Å². The van der Waals surface area contributed by atoms with Crippen molar-refractivity contribution >= 4 is 42.7 Å². The third kappa shape index (κ3) is 4.11. The average Bonchev–Trinajstić information content (AvgIpc) is 3.41. The molecule has 176 valence electrons. The number of thiazole rings is 1. The second kappa shape index (κ2) is 8.65. The quantitative estimate of drug-likeness (QED) is 0.546. The lowest BCUT2D eigenvalue weighted by Crippen LogP contribution is -2.52. The molecule has 33 heavy (non-hydrogen) atoms. The first-order valence-corrected chi connectivity index (χ1v) is 13.3. The molecule has 2 aliphatic heterocycles. The van der Waals surface area contributed by atoms with Crippen molar-refractivity contribution in [2.75, 3.05) is 44.2 Å². The third-order valence-electron chi connectivity index (χ3n) is 6.39. The van der Waals surface area contributed by atoms with E-state index in [1.165, 1.54) is 4.31 Å². The summed E-state index contributed by atoms with van der Waals surface area (Å²) < 4.78 is 32.5. The fraction of sp³-hybridized carbons (Fsp3) is 0.524. The maximum absolute atomic E-state index is 13.1. The van der Waals surface area contributed by atoms with Crippen molar-refractivity contribution in [2.24, 2.45) is 5.92 Å². The van der Waals surface area contributed by atoms with Crippen LogP contribution in [0.5, 0.6) is 0 Å². The molecule has 3 aromatic heterocycles. The summed E-state index contributed by atoms with van der Waals surface area (Å²) in [6.45, 7) is 6.61. The lowest BCUT2D eigenvalue weighted by Gasteiger charge is -2.38. The van der Waals surface area contributed by atoms with Crippen molar-refractivity contribution in [1.82, 2.24) is 24.3 Å². The zero-order chi connectivity index (χ0) is 23.2. The van der Waals surface area contributed by atoms with Gasteiger partial charge in [-0.2, -0.15) is 4.31 Å². The molecule has 2 aliphatic rings. The Bertz CT molecular complexity index is 1220. The van der Waals surface area contributed by atoms with Gasteiger partial charge in [-0.15, -0.1) is 0 Å². The van der Waals surface area contributed by atoms with Gasteiger partial charge in [-0.05, 0) is 38.8 Å². The van der Waals surface area contributed by atoms with Crippen molar-refractivity contribution in [3.05, 3.63) is 29.8 Å². The minimum absolute atomic E-state index is 0.120. The molecule has 0 bridgehead atoms. The number of hydrogen-bond acceptors (Lipinski definition) is 9. The van der Waals surface area contributed by atoms with E-state index in [-0.39, 0.29) is 16.7 Å². The van der Waals surface area contributed by atoms with Crippen molar-refractivity contribution in [3.63, 3.8) is 0 Å². The first-order chi connectivity index (χ1) is 15.8. The topological polar surface area (TPSA) is 113 Å². The molecule has 2 fully saturated rings. The molecule has 0 radical (unpaired) electrons. The van der Waals surface area contributed by atoms with E-state index in [9.17, 15) is 13.2 Å². The highest BCUT2D eigenvalue weighted by molar-refractivity contribution is 7.89. The Hall–Kier alpha value is -2.57. The molecular weight excluding hydrogens is 464 g/mol. The Kier molecular flexibility index (Phi) is 5.83. The minimum Gasteiger partial charge on any atom is -0.360 e. The molecule has 2 saturated heterocycles. The SMILES string of the molecule is Cc1noc(C)c1S(=O)(=O)N1CCC(C(=O)N2CCN(c3nc4cccnc4s3)CC2)CC1. The van der Waals surface area contributed by atoms with E-state index in [0.29, 0.717) is 50.5 Å². The van der Waals surface area contributed by atoms with Gasteiger partial charge in [-0.1, -0.05) is 16.5 Å². The molecule has 0 atom stereocenters. The number of piperazine rings is 1. The standard InChI is InChI=1S/C21H26N6O4S2/c1-14-18(15(2)31-24-14)33(29,30)27-8-5-16(6-9-27)20(28)25-10-12-26(13-11-25)21-23-17-4-3-7-22-19(17)32-21/h3-4,7,16H,5-6,8-13H2,1-2H3. The number of anilines is 1. The van der Waals surface area contributed by atoms with E-state index >= 15 is 0 Å². The Balaban J connectivity index is 1.17. The molecule has 0 aromatic carbocycles. The number of nitrogens with zero attached hydrogens (tertiary/aromatic N) is 6. The minimum atomic E-state index is -3.67. The van der Waals surface area contributed by atoms with E-state index in [4.69, 9.17) is 4.52 Å². The first kappa shape index (κ1) is 22.2. The number of carbonyl (C=O) groups excluding carboxylic acids is 1. The van der Waals surface area contributed by atoms with Crippen LogP contribution in [0.3, 0.4) is 0 Å². The lowest BCUT2D eigenvalue weighted by molar-refractivity contribution is -0.137. The smallest absolute Gasteiger partial charge is 0.248 e. The number of aryl methyl sites for hydroxylation is 2. The number of amides is 1. The predicted octanol–water partition coefficient (Wildman–Crippen LogP) is 2.05. The molecular formula is C21H26N6O4S2. The summed E-state index contributed by atoms with van der Waals surface area (Å²) in [7, 11) is -3.67. The maximum atomic E-state index is 13.1. The Morgan fingerprint density at radius 3 is 2.48 bits per heavy atom. The van der Waals surface area contributed by atoms with Crippen molar-refractivity contribution in [2.45, 2.75) is 31.6 Å². The highest BCUT2D eigenvalue weighted by Gasteiger charge is 2.37. The molecule has 5 rings (SSSR count). The van der Waals surface area contributed by atoms with E-state index in [0.717, 1.165) is 28.6 Å². The summed E-state index contributed by atoms with van der Waals surface area (Å²) in [6.07, 6.45) is 2.81. The Labute approximate surface area is 196 Å². The summed E-state index contributed by atoms with van der Waals surface area (Å²) in [4.78, 5) is 27.3. The summed E-state index contributed by atoms with van der Waals surface area (Å²) in [5.74, 6) is 0.266. The van der Waals surface area contributed by atoms with Crippen LogP contribution in [0, 0.1) is 19.8 Å². The van der Waals surface area contributed by atoms with Crippen LogP contribution in [-0.4, -0.2) is 77.9 Å². The van der Waals surface area contributed by atoms with E-state index in [1.807, 2.05) is 17.0 Å². The highest BCUT2D eigenvalue weighted by Crippen LogP contribution is 2.30. The molecule has 0 aliphatic carbocycles. The summed E-state index contributed by atoms with van der Waals surface area (Å²) in [5.41, 5.74) is 1.27. The van der Waals surface area contributed by atoms with Gasteiger partial charge in [-0.3, -0.25) is 4.79 Å². The maximum Gasteiger partial charge on any atom is 0.248 e. The summed E-state index contributed by atoms with van der Waals surface area (Å²) in [6, 6.07) is 3.84. The van der Waals surface area contributed by atoms with Gasteiger partial charge in [-0.25, -0.2) is 18.4 Å². The van der Waals surface area contributed by atoms with Crippen molar-refractivity contribution in [1.29, 1.82) is 0 Å². The molecule has 10 nitrogen and oxygen atoms in total. The van der Waals surface area contributed by atoms with Crippen LogP contribution >= 0.6 is 11.3 Å². The lowest BCUT2D eigenvalue weighted by atomic mass is 9.96. The second-order valence-corrected chi connectivity index (χ2v) is 11.3. The van der Waals surface area contributed by atoms with E-state index in [2.05, 4.69) is 20.0 Å². The van der Waals surface area contributed by atoms with E-state index < -0.39 is 10.0 Å². The van der Waals surface area contributed by atoms with Crippen molar-refractivity contribution in [3.8, 4) is 0 Å². The molecule has 0 unspecified atom stereocenters. The second-order valence-electron chi connectivity index (χ2n) is 8.47. The van der Waals surface area contributed by atoms with Crippen LogP contribution in [0.2, 0.25) is 0 Å². The fourth-order valence-electron chi connectivity index (χ4n) is 4.59. The van der Waals surface area contributed by atoms with E-state index in [1.54, 1.807) is 31.4 Å². The molecule has 12 heteroatoms. The monoisotopic (exact) mass is 490 g/mol. The first-order valence-electron chi connectivity index (χ1n) is 11.0. The van der Waals surface area contributed by atoms with Crippen LogP contribution in [0.4, 0.5) is 5.13 Å². The number of fused-ring (bicyclic) bond motifs is 1. The van der Waals surface area contributed by atoms with Gasteiger partial charge in [0.15, 0.2) is 10.9 Å².